The normalized spacial score (nSPS) is 14.3. The van der Waals surface area contributed by atoms with E-state index < -0.39 is 35.2 Å². The number of anilines is 4. The van der Waals surface area contributed by atoms with Crippen LogP contribution < -0.4 is 25.0 Å². The minimum absolute atomic E-state index is 0.301. The molecule has 0 spiro atoms. The fraction of sp³-hybridized carbons (Fsp3) is 0.327. The summed E-state index contributed by atoms with van der Waals surface area (Å²) in [6, 6.07) is 33.7. The van der Waals surface area contributed by atoms with Crippen molar-refractivity contribution in [2.24, 2.45) is 5.41 Å². The van der Waals surface area contributed by atoms with Crippen molar-refractivity contribution in [3.8, 4) is 22.1 Å². The van der Waals surface area contributed by atoms with Crippen molar-refractivity contribution in [3.63, 3.8) is 0 Å². The number of methoxy groups -OCH3 is 2. The highest BCUT2D eigenvalue weighted by atomic mass is 32.1. The Bertz CT molecular complexity index is 2660. The van der Waals surface area contributed by atoms with Crippen molar-refractivity contribution >= 4 is 67.9 Å². The lowest BCUT2D eigenvalue weighted by atomic mass is 9.84. The maximum atomic E-state index is 14.1. The van der Waals surface area contributed by atoms with Gasteiger partial charge in [0.15, 0.2) is 11.5 Å². The van der Waals surface area contributed by atoms with Crippen LogP contribution >= 0.6 is 11.3 Å². The van der Waals surface area contributed by atoms with Gasteiger partial charge in [-0.05, 0) is 141 Å². The summed E-state index contributed by atoms with van der Waals surface area (Å²) in [5.41, 5.74) is 6.53. The number of carbonyl (C=O) groups is 4. The number of ketones is 1. The number of aromatic nitrogens is 1. The first-order chi connectivity index (χ1) is 31.3. The molecule has 65 heavy (non-hydrogen) atoms. The van der Waals surface area contributed by atoms with Crippen LogP contribution in [-0.2, 0) is 25.5 Å². The molecule has 13 heteroatoms. The lowest BCUT2D eigenvalue weighted by Gasteiger charge is -2.36. The molecule has 0 saturated carbocycles. The number of hydrogen-bond donors (Lipinski definition) is 2. The van der Waals surface area contributed by atoms with Gasteiger partial charge in [-0.1, -0.05) is 39.0 Å². The zero-order valence-electron chi connectivity index (χ0n) is 38.1. The number of amides is 2. The molecule has 0 radical (unpaired) electrons. The second-order valence-electron chi connectivity index (χ2n) is 17.2. The summed E-state index contributed by atoms with van der Waals surface area (Å²) in [6.07, 6.45) is 2.45. The summed E-state index contributed by atoms with van der Waals surface area (Å²) in [6.45, 7) is 5.67. The number of aryl methyl sites for hydroxylation is 1. The molecule has 2 atom stereocenters. The van der Waals surface area contributed by atoms with Gasteiger partial charge >= 0.3 is 5.97 Å². The summed E-state index contributed by atoms with van der Waals surface area (Å²) in [5, 5.41) is 7.40. The first-order valence-corrected chi connectivity index (χ1v) is 22.8. The van der Waals surface area contributed by atoms with Crippen LogP contribution in [0.1, 0.15) is 80.5 Å². The summed E-state index contributed by atoms with van der Waals surface area (Å²) in [5.74, 6) is -0.854. The Hall–Kier alpha value is -6.73. The highest BCUT2D eigenvalue weighted by Crippen LogP contribution is 2.35. The monoisotopic (exact) mass is 895 g/mol. The third kappa shape index (κ3) is 11.0. The number of Topliss-reactive ketones (excluding diaryl/α,β-unsaturated/α-hetero) is 1. The molecule has 0 aliphatic carbocycles. The average molecular weight is 896 g/mol. The van der Waals surface area contributed by atoms with Crippen molar-refractivity contribution in [1.29, 1.82) is 0 Å². The van der Waals surface area contributed by atoms with Gasteiger partial charge in [-0.2, -0.15) is 0 Å². The third-order valence-corrected chi connectivity index (χ3v) is 13.2. The number of likely N-dealkylation sites (tertiary alicyclic amines) is 1. The first-order valence-electron chi connectivity index (χ1n) is 22.0. The maximum Gasteiger partial charge on any atom is 0.329 e. The van der Waals surface area contributed by atoms with Crippen LogP contribution in [0.15, 0.2) is 109 Å². The molecule has 2 unspecified atom stereocenters. The Morgan fingerprint density at radius 1 is 0.846 bits per heavy atom. The van der Waals surface area contributed by atoms with Crippen molar-refractivity contribution < 1.29 is 33.4 Å². The summed E-state index contributed by atoms with van der Waals surface area (Å²) in [4.78, 5) is 63.0. The maximum absolute atomic E-state index is 14.1. The molecule has 12 nitrogen and oxygen atoms in total. The second-order valence-corrected chi connectivity index (χ2v) is 18.2. The molecule has 5 aromatic carbocycles. The predicted molar refractivity (Wildman–Crippen MR) is 259 cm³/mol. The molecule has 7 rings (SSSR count). The number of nitrogens with zero attached hydrogens (tertiary/aromatic N) is 3. The van der Waals surface area contributed by atoms with E-state index in [0.29, 0.717) is 67.0 Å². The predicted octanol–water partition coefficient (Wildman–Crippen LogP) is 10.6. The number of benzene rings is 5. The van der Waals surface area contributed by atoms with Gasteiger partial charge in [0.05, 0.1) is 24.4 Å². The smallest absolute Gasteiger partial charge is 0.329 e. The van der Waals surface area contributed by atoms with Gasteiger partial charge in [0, 0.05) is 59.9 Å². The van der Waals surface area contributed by atoms with Gasteiger partial charge in [-0.15, -0.1) is 11.3 Å². The largest absolute Gasteiger partial charge is 0.493 e. The lowest BCUT2D eigenvalue weighted by Crippen LogP contribution is -2.53. The van der Waals surface area contributed by atoms with E-state index >= 15 is 0 Å². The molecule has 1 aliphatic rings. The topological polar surface area (TPSA) is 139 Å². The van der Waals surface area contributed by atoms with E-state index in [1.165, 1.54) is 4.90 Å². The van der Waals surface area contributed by atoms with Crippen molar-refractivity contribution in [2.75, 3.05) is 50.4 Å². The zero-order valence-corrected chi connectivity index (χ0v) is 38.9. The molecule has 1 fully saturated rings. The van der Waals surface area contributed by atoms with Crippen molar-refractivity contribution in [1.82, 2.24) is 9.88 Å². The standard InChI is InChI=1S/C52H57N5O7S/c1-8-52(2,3)47(58)50(60)57-29-10-9-14-42(57)51(61)64-43(26-15-33-16-27-44(62-6)45(30-33)63-7)36-12-11-13-38(31-36)54-48(59)34-17-21-37(22-18-34)53-39-23-28-46-41(32-39)55-49(65-46)35-19-24-40(25-20-35)56(4)5/h11-13,16-25,27-28,30-32,42-43,53H,8-10,14-15,26,29H2,1-7H3,(H,54,59). The van der Waals surface area contributed by atoms with Crippen LogP contribution in [0.2, 0.25) is 0 Å². The zero-order chi connectivity index (χ0) is 46.3. The van der Waals surface area contributed by atoms with E-state index in [9.17, 15) is 19.2 Å². The van der Waals surface area contributed by atoms with Crippen molar-refractivity contribution in [3.05, 3.63) is 126 Å². The Labute approximate surface area is 384 Å². The summed E-state index contributed by atoms with van der Waals surface area (Å²) in [7, 11) is 7.20. The lowest BCUT2D eigenvalue weighted by molar-refractivity contribution is -0.164. The van der Waals surface area contributed by atoms with Crippen LogP contribution in [0, 0.1) is 5.41 Å². The molecule has 0 bridgehead atoms. The molecule has 1 aliphatic heterocycles. The van der Waals surface area contributed by atoms with Gasteiger partial charge < -0.3 is 34.6 Å². The van der Waals surface area contributed by atoms with Crippen LogP contribution in [0.4, 0.5) is 22.7 Å². The van der Waals surface area contributed by atoms with Gasteiger partial charge in [-0.3, -0.25) is 14.4 Å². The van der Waals surface area contributed by atoms with Gasteiger partial charge in [0.2, 0.25) is 5.78 Å². The highest BCUT2D eigenvalue weighted by Gasteiger charge is 2.41. The number of hydrogen-bond acceptors (Lipinski definition) is 11. The molecule has 2 N–H and O–H groups in total. The number of thiazole rings is 1. The van der Waals surface area contributed by atoms with E-state index in [4.69, 9.17) is 19.2 Å². The molecule has 2 amide bonds. The van der Waals surface area contributed by atoms with Gasteiger partial charge in [-0.25, -0.2) is 9.78 Å². The summed E-state index contributed by atoms with van der Waals surface area (Å²) >= 11 is 1.65. The van der Waals surface area contributed by atoms with Gasteiger partial charge in [0.1, 0.15) is 17.2 Å². The third-order valence-electron chi connectivity index (χ3n) is 12.1. The van der Waals surface area contributed by atoms with E-state index in [2.05, 4.69) is 45.9 Å². The van der Waals surface area contributed by atoms with E-state index in [-0.39, 0.29) is 5.91 Å². The van der Waals surface area contributed by atoms with Crippen LogP contribution in [0.3, 0.4) is 0 Å². The van der Waals surface area contributed by atoms with E-state index in [1.54, 1.807) is 69.7 Å². The first kappa shape index (κ1) is 46.3. The van der Waals surface area contributed by atoms with Crippen molar-refractivity contribution in [2.45, 2.75) is 71.4 Å². The Kier molecular flexibility index (Phi) is 14.5. The number of fused-ring (bicyclic) bond motifs is 1. The molecule has 6 aromatic rings. The second kappa shape index (κ2) is 20.4. The average Bonchev–Trinajstić information content (AvgIpc) is 3.76. The molecular weight excluding hydrogens is 839 g/mol. The Morgan fingerprint density at radius 2 is 1.58 bits per heavy atom. The Balaban J connectivity index is 1.05. The summed E-state index contributed by atoms with van der Waals surface area (Å²) < 4.78 is 18.4. The molecule has 2 heterocycles. The number of carbonyl (C=O) groups excluding carboxylic acids is 4. The molecule has 1 saturated heterocycles. The SMILES string of the molecule is CCC(C)(C)C(=O)C(=O)N1CCCCC1C(=O)OC(CCc1ccc(OC)c(OC)c1)c1cccc(NC(=O)c2ccc(Nc3ccc4sc(-c5ccc(N(C)C)cc5)nc4c3)cc2)c1. The fourth-order valence-corrected chi connectivity index (χ4v) is 8.72. The minimum Gasteiger partial charge on any atom is -0.493 e. The quantitative estimate of drug-likeness (QED) is 0.0672. The van der Waals surface area contributed by atoms with E-state index in [1.807, 2.05) is 69.6 Å². The van der Waals surface area contributed by atoms with Crippen LogP contribution in [0.5, 0.6) is 11.5 Å². The molecule has 1 aromatic heterocycles. The fourth-order valence-electron chi connectivity index (χ4n) is 7.77. The molecular formula is C52H57N5O7S. The number of piperidine rings is 1. The number of esters is 1. The molecule has 338 valence electrons. The van der Waals surface area contributed by atoms with Crippen LogP contribution in [0.25, 0.3) is 20.8 Å². The Morgan fingerprint density at radius 3 is 2.29 bits per heavy atom. The minimum atomic E-state index is -0.892. The number of nitrogens with one attached hydrogen (secondary N) is 2. The van der Waals surface area contributed by atoms with Gasteiger partial charge in [0.25, 0.3) is 11.8 Å². The highest BCUT2D eigenvalue weighted by molar-refractivity contribution is 7.21. The van der Waals surface area contributed by atoms with Crippen LogP contribution in [-0.4, -0.2) is 74.4 Å². The van der Waals surface area contributed by atoms with E-state index in [0.717, 1.165) is 49.8 Å². The number of ether oxygens (including phenoxy) is 3. The number of rotatable bonds is 17.